The lowest BCUT2D eigenvalue weighted by atomic mass is 9.96. The van der Waals surface area contributed by atoms with Crippen LogP contribution in [0, 0.1) is 5.92 Å². The predicted octanol–water partition coefficient (Wildman–Crippen LogP) is 2.42. The van der Waals surface area contributed by atoms with Crippen molar-refractivity contribution in [1.29, 1.82) is 0 Å². The van der Waals surface area contributed by atoms with Crippen LogP contribution in [0.25, 0.3) is 10.9 Å². The van der Waals surface area contributed by atoms with Gasteiger partial charge in [0, 0.05) is 24.5 Å². The van der Waals surface area contributed by atoms with Crippen LogP contribution in [0.4, 0.5) is 0 Å². The summed E-state index contributed by atoms with van der Waals surface area (Å²) >= 11 is 0. The molecule has 1 fully saturated rings. The van der Waals surface area contributed by atoms with Gasteiger partial charge in [-0.2, -0.15) is 17.4 Å². The van der Waals surface area contributed by atoms with Crippen molar-refractivity contribution in [2.75, 3.05) is 13.1 Å². The zero-order valence-corrected chi connectivity index (χ0v) is 27.8. The summed E-state index contributed by atoms with van der Waals surface area (Å²) in [6.07, 6.45) is 2.90. The summed E-state index contributed by atoms with van der Waals surface area (Å²) in [5.74, 6) is -2.27. The van der Waals surface area contributed by atoms with Gasteiger partial charge in [-0.1, -0.05) is 87.7 Å². The average molecular weight is 667 g/mol. The first-order valence-electron chi connectivity index (χ1n) is 16.2. The number of pyridine rings is 1. The Hall–Kier alpha value is -3.91. The number of nitrogens with two attached hydrogens (primary N) is 1. The fraction of sp³-hybridized carbons (Fsp3) is 0.471. The number of aliphatic hydroxyl groups is 1. The van der Waals surface area contributed by atoms with Crippen molar-refractivity contribution < 1.29 is 27.9 Å². The van der Waals surface area contributed by atoms with Crippen LogP contribution in [0.15, 0.2) is 66.7 Å². The number of fused-ring (bicyclic) bond motifs is 1. The van der Waals surface area contributed by atoms with Crippen molar-refractivity contribution >= 4 is 38.8 Å². The number of para-hydroxylation sites is 1. The molecule has 6 N–H and O–H groups in total. The van der Waals surface area contributed by atoms with Gasteiger partial charge < -0.3 is 21.5 Å². The van der Waals surface area contributed by atoms with Crippen LogP contribution < -0.4 is 21.1 Å². The van der Waals surface area contributed by atoms with E-state index in [9.17, 15) is 27.9 Å². The first-order valence-corrected chi connectivity index (χ1v) is 17.6. The van der Waals surface area contributed by atoms with Crippen LogP contribution in [-0.2, 0) is 26.2 Å². The highest BCUT2D eigenvalue weighted by atomic mass is 32.2. The number of nitrogens with zero attached hydrogens (tertiary/aromatic N) is 2. The van der Waals surface area contributed by atoms with Crippen LogP contribution in [0.5, 0.6) is 0 Å². The Morgan fingerprint density at radius 1 is 0.936 bits per heavy atom. The van der Waals surface area contributed by atoms with E-state index in [-0.39, 0.29) is 37.2 Å². The lowest BCUT2D eigenvalue weighted by Crippen LogP contribution is -2.55. The molecule has 0 radical (unpaired) electrons. The Kier molecular flexibility index (Phi) is 12.8. The molecule has 12 nitrogen and oxygen atoms in total. The molecule has 3 amide bonds. The first kappa shape index (κ1) is 35.9. The van der Waals surface area contributed by atoms with Crippen LogP contribution >= 0.6 is 0 Å². The maximum Gasteiger partial charge on any atom is 0.279 e. The minimum absolute atomic E-state index is 0.0238. The fourth-order valence-corrected chi connectivity index (χ4v) is 7.42. The maximum absolute atomic E-state index is 13.5. The van der Waals surface area contributed by atoms with Gasteiger partial charge in [-0.3, -0.25) is 14.4 Å². The normalized spacial score (nSPS) is 16.1. The maximum atomic E-state index is 13.5. The average Bonchev–Trinajstić information content (AvgIpc) is 3.04. The number of hydrogen-bond donors (Lipinski definition) is 5. The van der Waals surface area contributed by atoms with E-state index in [4.69, 9.17) is 5.73 Å². The first-order chi connectivity index (χ1) is 22.4. The zero-order valence-electron chi connectivity index (χ0n) is 27.0. The summed E-state index contributed by atoms with van der Waals surface area (Å²) in [7, 11) is -3.93. The van der Waals surface area contributed by atoms with Crippen LogP contribution in [-0.4, -0.2) is 77.9 Å². The number of hydrogen-bond acceptors (Lipinski definition) is 7. The van der Waals surface area contributed by atoms with Gasteiger partial charge in [0.25, 0.3) is 16.1 Å². The summed E-state index contributed by atoms with van der Waals surface area (Å²) in [4.78, 5) is 43.0. The van der Waals surface area contributed by atoms with Crippen LogP contribution in [0.3, 0.4) is 0 Å². The van der Waals surface area contributed by atoms with E-state index in [0.29, 0.717) is 5.52 Å². The van der Waals surface area contributed by atoms with E-state index >= 15 is 0 Å². The minimum Gasteiger partial charge on any atom is -0.390 e. The largest absolute Gasteiger partial charge is 0.390 e. The molecule has 0 saturated heterocycles. The Morgan fingerprint density at radius 3 is 2.30 bits per heavy atom. The molecule has 0 spiro atoms. The monoisotopic (exact) mass is 666 g/mol. The van der Waals surface area contributed by atoms with Crippen LogP contribution in [0.1, 0.15) is 68.4 Å². The van der Waals surface area contributed by atoms with E-state index < -0.39 is 52.5 Å². The number of carbonyl (C=O) groups excluding carboxylic acids is 3. The van der Waals surface area contributed by atoms with E-state index in [1.54, 1.807) is 18.2 Å². The molecule has 4 rings (SSSR count). The number of amides is 3. The molecule has 3 atom stereocenters. The van der Waals surface area contributed by atoms with Gasteiger partial charge in [0.15, 0.2) is 0 Å². The van der Waals surface area contributed by atoms with Crippen molar-refractivity contribution in [2.24, 2.45) is 11.7 Å². The molecule has 1 aliphatic rings. The van der Waals surface area contributed by atoms with E-state index in [0.717, 1.165) is 43.1 Å². The lowest BCUT2D eigenvalue weighted by Gasteiger charge is -2.32. The SMILES string of the molecule is CC(C)CN(C[C@@H](O)[C@H](Cc1ccccc1)NC(=O)C[C@H](NC(=O)c1ccc2ccccc2n1)C(N)=O)S(=O)(=O)NC1CCCCC1. The molecule has 1 aromatic heterocycles. The van der Waals surface area contributed by atoms with Crippen LogP contribution in [0.2, 0.25) is 0 Å². The zero-order chi connectivity index (χ0) is 34.0. The van der Waals surface area contributed by atoms with Gasteiger partial charge in [0.1, 0.15) is 11.7 Å². The highest BCUT2D eigenvalue weighted by Gasteiger charge is 2.33. The Morgan fingerprint density at radius 2 is 1.62 bits per heavy atom. The van der Waals surface area contributed by atoms with E-state index in [1.165, 1.54) is 10.4 Å². The van der Waals surface area contributed by atoms with Gasteiger partial charge in [-0.25, -0.2) is 4.98 Å². The van der Waals surface area contributed by atoms with Crippen molar-refractivity contribution in [2.45, 2.75) is 83.0 Å². The Balaban J connectivity index is 1.48. The summed E-state index contributed by atoms with van der Waals surface area (Å²) in [5, 5.41) is 17.6. The van der Waals surface area contributed by atoms with Gasteiger partial charge >= 0.3 is 0 Å². The number of aliphatic hydroxyl groups excluding tert-OH is 1. The number of nitrogens with one attached hydrogen (secondary N) is 3. The molecular formula is C34H46N6O6S. The minimum atomic E-state index is -3.93. The fourth-order valence-electron chi connectivity index (χ4n) is 5.77. The molecular weight excluding hydrogens is 620 g/mol. The predicted molar refractivity (Wildman–Crippen MR) is 180 cm³/mol. The van der Waals surface area contributed by atoms with Crippen molar-refractivity contribution in [3.8, 4) is 0 Å². The van der Waals surface area contributed by atoms with Crippen molar-refractivity contribution in [1.82, 2.24) is 24.6 Å². The van der Waals surface area contributed by atoms with Gasteiger partial charge in [0.2, 0.25) is 11.8 Å². The Bertz CT molecular complexity index is 1610. The molecule has 0 bridgehead atoms. The molecule has 254 valence electrons. The van der Waals surface area contributed by atoms with E-state index in [2.05, 4.69) is 20.3 Å². The second kappa shape index (κ2) is 16.8. The second-order valence-electron chi connectivity index (χ2n) is 12.6. The topological polar surface area (TPSA) is 184 Å². The molecule has 2 aromatic carbocycles. The molecule has 1 saturated carbocycles. The third-order valence-corrected chi connectivity index (χ3v) is 9.81. The van der Waals surface area contributed by atoms with Gasteiger partial charge in [0.05, 0.1) is 24.1 Å². The summed E-state index contributed by atoms with van der Waals surface area (Å²) in [6, 6.07) is 17.2. The summed E-state index contributed by atoms with van der Waals surface area (Å²) < 4.78 is 31.1. The molecule has 3 aromatic rings. The van der Waals surface area contributed by atoms with Gasteiger partial charge in [-0.15, -0.1) is 0 Å². The van der Waals surface area contributed by atoms with Gasteiger partial charge in [-0.05, 0) is 42.9 Å². The molecule has 1 heterocycles. The standard InChI is InChI=1S/C34H46N6O6S/c1-23(2)21-40(47(45,46)39-26-14-7-4-8-15-26)22-31(41)29(19-24-11-5-3-6-12-24)37-32(42)20-30(33(35)43)38-34(44)28-18-17-25-13-9-10-16-27(25)36-28/h3,5-6,9-13,16-18,23,26,29-31,39,41H,4,7-8,14-15,19-22H2,1-2H3,(H2,35,43)(H,37,42)(H,38,44)/t29-,30-,31+/m0/s1. The van der Waals surface area contributed by atoms with E-state index in [1.807, 2.05) is 56.3 Å². The smallest absolute Gasteiger partial charge is 0.279 e. The molecule has 1 aliphatic carbocycles. The number of primary amides is 1. The highest BCUT2D eigenvalue weighted by Crippen LogP contribution is 2.20. The number of aromatic nitrogens is 1. The quantitative estimate of drug-likeness (QED) is 0.155. The summed E-state index contributed by atoms with van der Waals surface area (Å²) in [6.45, 7) is 3.69. The second-order valence-corrected chi connectivity index (χ2v) is 14.3. The molecule has 0 aliphatic heterocycles. The highest BCUT2D eigenvalue weighted by molar-refractivity contribution is 7.87. The number of carbonyl (C=O) groups is 3. The third-order valence-electron chi connectivity index (χ3n) is 8.20. The summed E-state index contributed by atoms with van der Waals surface area (Å²) in [5.41, 5.74) is 7.02. The molecule has 0 unspecified atom stereocenters. The number of benzene rings is 2. The third kappa shape index (κ3) is 10.8. The van der Waals surface area contributed by atoms with Crippen molar-refractivity contribution in [3.63, 3.8) is 0 Å². The lowest BCUT2D eigenvalue weighted by molar-refractivity contribution is -0.127. The number of rotatable bonds is 16. The molecule has 13 heteroatoms. The molecule has 47 heavy (non-hydrogen) atoms. The van der Waals surface area contributed by atoms with Crippen molar-refractivity contribution in [3.05, 3.63) is 78.0 Å². The Labute approximate surface area is 276 Å².